The molecule has 0 aromatic heterocycles. The summed E-state index contributed by atoms with van der Waals surface area (Å²) in [6.45, 7) is 3.23. The molecule has 3 nitrogen and oxygen atoms in total. The lowest BCUT2D eigenvalue weighted by Crippen LogP contribution is -2.65. The lowest BCUT2D eigenvalue weighted by molar-refractivity contribution is -0.240. The summed E-state index contributed by atoms with van der Waals surface area (Å²) in [5.74, 6) is 0. The van der Waals surface area contributed by atoms with Gasteiger partial charge in [0.1, 0.15) is 0 Å². The number of hydrogen-bond acceptors (Lipinski definition) is 3. The second kappa shape index (κ2) is 1.94. The molecule has 0 aromatic rings. The molecule has 1 aliphatic rings. The maximum Gasteiger partial charge on any atom is 0.0977 e. The minimum absolute atomic E-state index is 0.267. The fourth-order valence-electron chi connectivity index (χ4n) is 1.29. The van der Waals surface area contributed by atoms with E-state index in [1.807, 2.05) is 0 Å². The van der Waals surface area contributed by atoms with Crippen molar-refractivity contribution in [3.63, 3.8) is 0 Å². The number of aliphatic hydroxyl groups is 3. The molecule has 1 saturated carbocycles. The van der Waals surface area contributed by atoms with E-state index < -0.39 is 17.1 Å². The average Bonchev–Trinajstić information content (AvgIpc) is 1.88. The van der Waals surface area contributed by atoms with Gasteiger partial charge in [0.2, 0.25) is 0 Å². The van der Waals surface area contributed by atoms with E-state index in [4.69, 9.17) is 5.11 Å². The van der Waals surface area contributed by atoms with Crippen molar-refractivity contribution in [2.75, 3.05) is 6.61 Å². The SMILES string of the molecule is CC1(C)C(O)CC1(O)CO. The zero-order valence-electron chi connectivity index (χ0n) is 6.33. The highest BCUT2D eigenvalue weighted by Crippen LogP contribution is 2.48. The van der Waals surface area contributed by atoms with Crippen LogP contribution >= 0.6 is 0 Å². The standard InChI is InChI=1S/C7H14O3/c1-6(2)5(9)3-7(6,10)4-8/h5,8-10H,3-4H2,1-2H3. The molecule has 2 atom stereocenters. The number of hydrogen-bond donors (Lipinski definition) is 3. The van der Waals surface area contributed by atoms with Gasteiger partial charge >= 0.3 is 0 Å². The Labute approximate surface area is 60.3 Å². The predicted octanol–water partition coefficient (Wildman–Crippen LogP) is -0.499. The van der Waals surface area contributed by atoms with Crippen LogP contribution in [0.1, 0.15) is 20.3 Å². The molecular formula is C7H14O3. The Balaban J connectivity index is 2.70. The Morgan fingerprint density at radius 1 is 1.50 bits per heavy atom. The lowest BCUT2D eigenvalue weighted by Gasteiger charge is -2.55. The summed E-state index contributed by atoms with van der Waals surface area (Å²) in [6, 6.07) is 0. The minimum Gasteiger partial charge on any atom is -0.393 e. The van der Waals surface area contributed by atoms with E-state index in [1.54, 1.807) is 13.8 Å². The maximum atomic E-state index is 9.51. The van der Waals surface area contributed by atoms with Gasteiger partial charge in [0.05, 0.1) is 18.3 Å². The molecule has 1 fully saturated rings. The molecule has 60 valence electrons. The van der Waals surface area contributed by atoms with Gasteiger partial charge in [-0.25, -0.2) is 0 Å². The third-order valence-corrected chi connectivity index (χ3v) is 2.83. The second-order valence-corrected chi connectivity index (χ2v) is 3.63. The molecule has 0 heterocycles. The zero-order chi connectivity index (χ0) is 7.99. The Kier molecular flexibility index (Phi) is 1.54. The van der Waals surface area contributed by atoms with Crippen molar-refractivity contribution in [3.8, 4) is 0 Å². The van der Waals surface area contributed by atoms with Crippen molar-refractivity contribution in [2.24, 2.45) is 5.41 Å². The minimum atomic E-state index is -1.06. The number of aliphatic hydroxyl groups excluding tert-OH is 2. The van der Waals surface area contributed by atoms with Crippen molar-refractivity contribution in [1.29, 1.82) is 0 Å². The summed E-state index contributed by atoms with van der Waals surface area (Å²) in [4.78, 5) is 0. The Morgan fingerprint density at radius 3 is 2.10 bits per heavy atom. The summed E-state index contributed by atoms with van der Waals surface area (Å²) >= 11 is 0. The molecule has 3 N–H and O–H groups in total. The molecule has 0 aliphatic heterocycles. The monoisotopic (exact) mass is 146 g/mol. The molecular weight excluding hydrogens is 132 g/mol. The first-order valence-electron chi connectivity index (χ1n) is 3.45. The highest BCUT2D eigenvalue weighted by Gasteiger charge is 2.58. The summed E-state index contributed by atoms with van der Waals surface area (Å²) in [5, 5.41) is 27.4. The molecule has 0 bridgehead atoms. The van der Waals surface area contributed by atoms with Gasteiger partial charge in [-0.2, -0.15) is 0 Å². The van der Waals surface area contributed by atoms with Crippen LogP contribution in [0.25, 0.3) is 0 Å². The molecule has 0 saturated heterocycles. The smallest absolute Gasteiger partial charge is 0.0977 e. The number of rotatable bonds is 1. The van der Waals surface area contributed by atoms with Crippen LogP contribution in [0.3, 0.4) is 0 Å². The molecule has 0 spiro atoms. The Morgan fingerprint density at radius 2 is 2.00 bits per heavy atom. The quantitative estimate of drug-likeness (QED) is 0.467. The van der Waals surface area contributed by atoms with Gasteiger partial charge in [0.25, 0.3) is 0 Å². The lowest BCUT2D eigenvalue weighted by atomic mass is 9.57. The summed E-state index contributed by atoms with van der Waals surface area (Å²) in [6.07, 6.45) is -0.194. The third kappa shape index (κ3) is 0.713. The largest absolute Gasteiger partial charge is 0.393 e. The van der Waals surface area contributed by atoms with E-state index in [2.05, 4.69) is 0 Å². The van der Waals surface area contributed by atoms with Gasteiger partial charge < -0.3 is 15.3 Å². The highest BCUT2D eigenvalue weighted by molar-refractivity contribution is 5.08. The summed E-state index contributed by atoms with van der Waals surface area (Å²) in [5.41, 5.74) is -1.62. The average molecular weight is 146 g/mol. The maximum absolute atomic E-state index is 9.51. The molecule has 10 heavy (non-hydrogen) atoms. The predicted molar refractivity (Wildman–Crippen MR) is 36.4 cm³/mol. The van der Waals surface area contributed by atoms with Gasteiger partial charge in [-0.05, 0) is 0 Å². The molecule has 1 aliphatic carbocycles. The van der Waals surface area contributed by atoms with Gasteiger partial charge in [0.15, 0.2) is 0 Å². The van der Waals surface area contributed by atoms with E-state index in [0.717, 1.165) is 0 Å². The van der Waals surface area contributed by atoms with Crippen molar-refractivity contribution in [2.45, 2.75) is 32.0 Å². The van der Waals surface area contributed by atoms with Crippen LogP contribution in [0, 0.1) is 5.41 Å². The van der Waals surface area contributed by atoms with Crippen LogP contribution in [0.2, 0.25) is 0 Å². The third-order valence-electron chi connectivity index (χ3n) is 2.83. The molecule has 0 amide bonds. The van der Waals surface area contributed by atoms with Crippen LogP contribution in [-0.4, -0.2) is 33.6 Å². The highest BCUT2D eigenvalue weighted by atomic mass is 16.3. The molecule has 1 rings (SSSR count). The van der Waals surface area contributed by atoms with Crippen molar-refractivity contribution >= 4 is 0 Å². The fraction of sp³-hybridized carbons (Fsp3) is 1.00. The van der Waals surface area contributed by atoms with E-state index in [-0.39, 0.29) is 13.0 Å². The first kappa shape index (κ1) is 7.98. The summed E-state index contributed by atoms with van der Waals surface area (Å²) < 4.78 is 0. The Hall–Kier alpha value is -0.120. The van der Waals surface area contributed by atoms with Crippen LogP contribution in [0.15, 0.2) is 0 Å². The van der Waals surface area contributed by atoms with Gasteiger partial charge in [-0.3, -0.25) is 0 Å². The normalized spacial score (nSPS) is 44.7. The molecule has 0 aromatic carbocycles. The van der Waals surface area contributed by atoms with Crippen molar-refractivity contribution < 1.29 is 15.3 Å². The second-order valence-electron chi connectivity index (χ2n) is 3.63. The van der Waals surface area contributed by atoms with Crippen molar-refractivity contribution in [3.05, 3.63) is 0 Å². The van der Waals surface area contributed by atoms with E-state index in [1.165, 1.54) is 0 Å². The van der Waals surface area contributed by atoms with Crippen molar-refractivity contribution in [1.82, 2.24) is 0 Å². The van der Waals surface area contributed by atoms with Crippen LogP contribution in [0.5, 0.6) is 0 Å². The first-order valence-corrected chi connectivity index (χ1v) is 3.45. The molecule has 0 radical (unpaired) electrons. The fourth-order valence-corrected chi connectivity index (χ4v) is 1.29. The van der Waals surface area contributed by atoms with Gasteiger partial charge in [-0.15, -0.1) is 0 Å². The van der Waals surface area contributed by atoms with Crippen LogP contribution < -0.4 is 0 Å². The molecule has 2 unspecified atom stereocenters. The Bertz CT molecular complexity index is 141. The summed E-state index contributed by atoms with van der Waals surface area (Å²) in [7, 11) is 0. The zero-order valence-corrected chi connectivity index (χ0v) is 6.33. The van der Waals surface area contributed by atoms with Gasteiger partial charge in [-0.1, -0.05) is 13.8 Å². The van der Waals surface area contributed by atoms with Crippen LogP contribution in [0.4, 0.5) is 0 Å². The van der Waals surface area contributed by atoms with E-state index in [9.17, 15) is 10.2 Å². The topological polar surface area (TPSA) is 60.7 Å². The van der Waals surface area contributed by atoms with Crippen LogP contribution in [-0.2, 0) is 0 Å². The van der Waals surface area contributed by atoms with E-state index in [0.29, 0.717) is 0 Å². The van der Waals surface area contributed by atoms with Gasteiger partial charge in [0, 0.05) is 11.8 Å². The molecule has 3 heteroatoms. The van der Waals surface area contributed by atoms with E-state index >= 15 is 0 Å². The first-order chi connectivity index (χ1) is 4.44.